The lowest BCUT2D eigenvalue weighted by atomic mass is 10.0. The Balaban J connectivity index is 3.20. The number of hydrogen-bond donors (Lipinski definition) is 0. The lowest BCUT2D eigenvalue weighted by Crippen LogP contribution is -2.05. The minimum Gasteiger partial charge on any atom is -0.298 e. The molecule has 0 N–H and O–H groups in total. The van der Waals surface area contributed by atoms with E-state index < -0.39 is 12.1 Å². The maximum absolute atomic E-state index is 12.7. The van der Waals surface area contributed by atoms with Crippen molar-refractivity contribution in [3.63, 3.8) is 0 Å². The van der Waals surface area contributed by atoms with E-state index >= 15 is 0 Å². The predicted molar refractivity (Wildman–Crippen MR) is 58.2 cm³/mol. The molecule has 1 aromatic carbocycles. The molecule has 1 rings (SSSR count). The van der Waals surface area contributed by atoms with Crippen LogP contribution in [0.15, 0.2) is 22.7 Å². The van der Waals surface area contributed by atoms with Crippen molar-refractivity contribution in [2.75, 3.05) is 0 Å². The summed E-state index contributed by atoms with van der Waals surface area (Å²) in [5.74, 6) is -0.181. The molecule has 0 radical (unpaired) electrons. The predicted octanol–water partition coefficient (Wildman–Crippen LogP) is 3.79. The SMILES string of the molecule is CC(=O)C(Cl)c1cccc(Br)c1CF. The summed E-state index contributed by atoms with van der Waals surface area (Å²) in [5, 5.41) is -0.766. The number of rotatable bonds is 3. The van der Waals surface area contributed by atoms with E-state index in [1.807, 2.05) is 0 Å². The molecular formula is C10H9BrClFO. The summed E-state index contributed by atoms with van der Waals surface area (Å²) in [5.41, 5.74) is 0.985. The summed E-state index contributed by atoms with van der Waals surface area (Å²) >= 11 is 9.07. The van der Waals surface area contributed by atoms with Gasteiger partial charge in [-0.25, -0.2) is 4.39 Å². The second-order valence-electron chi connectivity index (χ2n) is 2.91. The third-order valence-corrected chi connectivity index (χ3v) is 3.20. The highest BCUT2D eigenvalue weighted by Gasteiger charge is 2.18. The molecule has 1 unspecified atom stereocenters. The van der Waals surface area contributed by atoms with Gasteiger partial charge in [0.2, 0.25) is 0 Å². The molecule has 0 aliphatic heterocycles. The molecule has 0 saturated heterocycles. The number of ketones is 1. The van der Waals surface area contributed by atoms with Crippen LogP contribution < -0.4 is 0 Å². The Labute approximate surface area is 95.4 Å². The number of carbonyl (C=O) groups is 1. The van der Waals surface area contributed by atoms with Crippen LogP contribution in [0, 0.1) is 0 Å². The van der Waals surface area contributed by atoms with Gasteiger partial charge in [-0.1, -0.05) is 28.1 Å². The summed E-state index contributed by atoms with van der Waals surface area (Å²) in [6.07, 6.45) is 0. The van der Waals surface area contributed by atoms with Crippen molar-refractivity contribution in [3.05, 3.63) is 33.8 Å². The molecule has 76 valence electrons. The summed E-state index contributed by atoms with van der Waals surface area (Å²) in [6.45, 7) is 0.758. The molecule has 1 nitrogen and oxygen atoms in total. The Bertz CT molecular complexity index is 354. The lowest BCUT2D eigenvalue weighted by molar-refractivity contribution is -0.116. The summed E-state index contributed by atoms with van der Waals surface area (Å²) in [7, 11) is 0. The average Bonchev–Trinajstić information content (AvgIpc) is 2.16. The Morgan fingerprint density at radius 3 is 2.79 bits per heavy atom. The standard InChI is InChI=1S/C10H9BrClFO/c1-6(14)10(12)7-3-2-4-9(11)8(7)5-13/h2-4,10H,5H2,1H3. The number of hydrogen-bond acceptors (Lipinski definition) is 1. The smallest absolute Gasteiger partial charge is 0.152 e. The van der Waals surface area contributed by atoms with Gasteiger partial charge in [0.1, 0.15) is 12.1 Å². The van der Waals surface area contributed by atoms with E-state index in [-0.39, 0.29) is 5.78 Å². The van der Waals surface area contributed by atoms with Gasteiger partial charge in [0.25, 0.3) is 0 Å². The average molecular weight is 280 g/mol. The molecule has 0 aliphatic carbocycles. The number of carbonyl (C=O) groups excluding carboxylic acids is 1. The maximum Gasteiger partial charge on any atom is 0.152 e. The van der Waals surface area contributed by atoms with Crippen molar-refractivity contribution in [2.45, 2.75) is 19.0 Å². The van der Waals surface area contributed by atoms with E-state index in [9.17, 15) is 9.18 Å². The first kappa shape index (κ1) is 11.7. The lowest BCUT2D eigenvalue weighted by Gasteiger charge is -2.11. The van der Waals surface area contributed by atoms with Gasteiger partial charge in [-0.05, 0) is 18.6 Å². The van der Waals surface area contributed by atoms with E-state index in [0.29, 0.717) is 15.6 Å². The Kier molecular flexibility index (Phi) is 4.08. The molecule has 0 saturated carbocycles. The molecule has 0 heterocycles. The molecule has 1 aromatic rings. The number of benzene rings is 1. The van der Waals surface area contributed by atoms with Gasteiger partial charge in [0.15, 0.2) is 5.78 Å². The number of halogens is 3. The number of alkyl halides is 2. The van der Waals surface area contributed by atoms with Crippen LogP contribution in [0.3, 0.4) is 0 Å². The minimum atomic E-state index is -0.766. The summed E-state index contributed by atoms with van der Waals surface area (Å²) < 4.78 is 13.3. The molecule has 4 heteroatoms. The fourth-order valence-corrected chi connectivity index (χ4v) is 1.86. The first-order valence-electron chi connectivity index (χ1n) is 4.05. The molecule has 0 aromatic heterocycles. The van der Waals surface area contributed by atoms with E-state index in [4.69, 9.17) is 11.6 Å². The quantitative estimate of drug-likeness (QED) is 0.769. The molecule has 0 aliphatic rings. The highest BCUT2D eigenvalue weighted by Crippen LogP contribution is 2.30. The van der Waals surface area contributed by atoms with Gasteiger partial charge >= 0.3 is 0 Å². The van der Waals surface area contributed by atoms with Crippen molar-refractivity contribution in [2.24, 2.45) is 0 Å². The normalized spacial score (nSPS) is 12.6. The summed E-state index contributed by atoms with van der Waals surface area (Å²) in [4.78, 5) is 11.1. The third-order valence-electron chi connectivity index (χ3n) is 1.92. The molecule has 0 spiro atoms. The van der Waals surface area contributed by atoms with E-state index in [1.54, 1.807) is 18.2 Å². The zero-order chi connectivity index (χ0) is 10.7. The van der Waals surface area contributed by atoms with Gasteiger partial charge in [0, 0.05) is 10.0 Å². The largest absolute Gasteiger partial charge is 0.298 e. The van der Waals surface area contributed by atoms with Gasteiger partial charge in [0.05, 0.1) is 0 Å². The Hall–Kier alpha value is -0.410. The second kappa shape index (κ2) is 4.89. The fraction of sp³-hybridized carbons (Fsp3) is 0.300. The summed E-state index contributed by atoms with van der Waals surface area (Å²) in [6, 6.07) is 5.12. The van der Waals surface area contributed by atoms with Crippen molar-refractivity contribution in [3.8, 4) is 0 Å². The van der Waals surface area contributed by atoms with Crippen LogP contribution in [-0.4, -0.2) is 5.78 Å². The van der Waals surface area contributed by atoms with Gasteiger partial charge < -0.3 is 0 Å². The van der Waals surface area contributed by atoms with Crippen LogP contribution in [0.4, 0.5) is 4.39 Å². The zero-order valence-electron chi connectivity index (χ0n) is 7.56. The third kappa shape index (κ3) is 2.34. The van der Waals surface area contributed by atoms with Crippen molar-refractivity contribution in [1.82, 2.24) is 0 Å². The van der Waals surface area contributed by atoms with Crippen LogP contribution in [-0.2, 0) is 11.5 Å². The first-order chi connectivity index (χ1) is 6.57. The van der Waals surface area contributed by atoms with Gasteiger partial charge in [-0.15, -0.1) is 11.6 Å². The zero-order valence-corrected chi connectivity index (χ0v) is 9.90. The van der Waals surface area contributed by atoms with Crippen molar-refractivity contribution < 1.29 is 9.18 Å². The molecule has 0 bridgehead atoms. The van der Waals surface area contributed by atoms with Crippen LogP contribution in [0.25, 0.3) is 0 Å². The van der Waals surface area contributed by atoms with Crippen LogP contribution in [0.2, 0.25) is 0 Å². The van der Waals surface area contributed by atoms with Gasteiger partial charge in [-0.3, -0.25) is 4.79 Å². The Morgan fingerprint density at radius 1 is 1.64 bits per heavy atom. The van der Waals surface area contributed by atoms with E-state index in [1.165, 1.54) is 6.92 Å². The van der Waals surface area contributed by atoms with E-state index in [2.05, 4.69) is 15.9 Å². The van der Waals surface area contributed by atoms with Crippen LogP contribution >= 0.6 is 27.5 Å². The van der Waals surface area contributed by atoms with E-state index in [0.717, 1.165) is 0 Å². The fourth-order valence-electron chi connectivity index (χ4n) is 1.17. The molecule has 1 atom stereocenters. The van der Waals surface area contributed by atoms with Crippen LogP contribution in [0.5, 0.6) is 0 Å². The topological polar surface area (TPSA) is 17.1 Å². The highest BCUT2D eigenvalue weighted by molar-refractivity contribution is 9.10. The number of Topliss-reactive ketones (excluding diaryl/α,β-unsaturated/α-hetero) is 1. The monoisotopic (exact) mass is 278 g/mol. The Morgan fingerprint density at radius 2 is 2.29 bits per heavy atom. The first-order valence-corrected chi connectivity index (χ1v) is 5.28. The van der Waals surface area contributed by atoms with Crippen LogP contribution in [0.1, 0.15) is 23.4 Å². The molecule has 14 heavy (non-hydrogen) atoms. The molecule has 0 amide bonds. The maximum atomic E-state index is 12.7. The minimum absolute atomic E-state index is 0.181. The van der Waals surface area contributed by atoms with Crippen molar-refractivity contribution >= 4 is 33.3 Å². The second-order valence-corrected chi connectivity index (χ2v) is 4.21. The van der Waals surface area contributed by atoms with Crippen molar-refractivity contribution in [1.29, 1.82) is 0 Å². The van der Waals surface area contributed by atoms with Gasteiger partial charge in [-0.2, -0.15) is 0 Å². The highest BCUT2D eigenvalue weighted by atomic mass is 79.9. The molecule has 0 fully saturated rings. The molecular weight excluding hydrogens is 270 g/mol.